The fraction of sp³-hybridized carbons (Fsp3) is 0.923. The number of hydrogen-bond acceptors (Lipinski definition) is 2. The molecule has 1 aliphatic carbocycles. The summed E-state index contributed by atoms with van der Waals surface area (Å²) in [5.41, 5.74) is 0. The molecular formula is C13H23ClNO-. The summed E-state index contributed by atoms with van der Waals surface area (Å²) in [5.74, 6) is 0.906. The van der Waals surface area contributed by atoms with E-state index in [2.05, 4.69) is 4.90 Å². The van der Waals surface area contributed by atoms with E-state index in [0.29, 0.717) is 11.7 Å². The van der Waals surface area contributed by atoms with E-state index < -0.39 is 0 Å². The largest absolute Gasteiger partial charge is 1.00 e. The molecule has 0 N–H and O–H groups in total. The molecule has 2 nitrogen and oxygen atoms in total. The second kappa shape index (κ2) is 7.29. The summed E-state index contributed by atoms with van der Waals surface area (Å²) in [6.45, 7) is 3.51. The monoisotopic (exact) mass is 244 g/mol. The van der Waals surface area contributed by atoms with Crippen LogP contribution in [0.3, 0.4) is 0 Å². The van der Waals surface area contributed by atoms with Gasteiger partial charge < -0.3 is 17.3 Å². The first-order valence-corrected chi connectivity index (χ1v) is 6.61. The molecule has 0 amide bonds. The van der Waals surface area contributed by atoms with E-state index in [-0.39, 0.29) is 12.4 Å². The first kappa shape index (κ1) is 14.0. The number of halogens is 1. The molecule has 0 bridgehead atoms. The van der Waals surface area contributed by atoms with Gasteiger partial charge in [-0.1, -0.05) is 19.3 Å². The third kappa shape index (κ3) is 4.06. The van der Waals surface area contributed by atoms with Crippen LogP contribution in [0, 0.1) is 5.92 Å². The molecule has 16 heavy (non-hydrogen) atoms. The Bertz CT molecular complexity index is 214. The van der Waals surface area contributed by atoms with Gasteiger partial charge in [0, 0.05) is 18.9 Å². The van der Waals surface area contributed by atoms with Gasteiger partial charge in [0.1, 0.15) is 5.78 Å². The van der Waals surface area contributed by atoms with Crippen LogP contribution in [0.4, 0.5) is 0 Å². The summed E-state index contributed by atoms with van der Waals surface area (Å²) in [6, 6.07) is 0. The van der Waals surface area contributed by atoms with Gasteiger partial charge in [-0.05, 0) is 38.8 Å². The van der Waals surface area contributed by atoms with Gasteiger partial charge in [-0.15, -0.1) is 0 Å². The Morgan fingerprint density at radius 1 is 1.00 bits per heavy atom. The van der Waals surface area contributed by atoms with Crippen molar-refractivity contribution in [2.75, 3.05) is 19.6 Å². The molecule has 1 heterocycles. The summed E-state index contributed by atoms with van der Waals surface area (Å²) in [6.07, 6.45) is 9.71. The maximum Gasteiger partial charge on any atom is 0.137 e. The Labute approximate surface area is 105 Å². The highest BCUT2D eigenvalue weighted by atomic mass is 35.5. The first-order valence-electron chi connectivity index (χ1n) is 6.61. The lowest BCUT2D eigenvalue weighted by Gasteiger charge is -2.29. The van der Waals surface area contributed by atoms with Crippen LogP contribution >= 0.6 is 0 Å². The Kier molecular flexibility index (Phi) is 6.37. The molecule has 2 rings (SSSR count). The molecule has 2 aliphatic rings. The van der Waals surface area contributed by atoms with Crippen molar-refractivity contribution < 1.29 is 17.2 Å². The highest BCUT2D eigenvalue weighted by Crippen LogP contribution is 2.22. The Morgan fingerprint density at radius 2 is 1.69 bits per heavy atom. The molecule has 0 aromatic heterocycles. The number of carbonyl (C=O) groups is 1. The Balaban J connectivity index is 0.00000128. The number of piperidine rings is 1. The Morgan fingerprint density at radius 3 is 2.44 bits per heavy atom. The third-order valence-corrected chi connectivity index (χ3v) is 3.86. The number of likely N-dealkylation sites (tertiary alicyclic amines) is 1. The van der Waals surface area contributed by atoms with Crippen LogP contribution in [0.2, 0.25) is 0 Å². The molecule has 1 aliphatic heterocycles. The average Bonchev–Trinajstić information content (AvgIpc) is 2.46. The van der Waals surface area contributed by atoms with E-state index in [9.17, 15) is 4.79 Å². The molecule has 1 unspecified atom stereocenters. The van der Waals surface area contributed by atoms with Crippen molar-refractivity contribution in [2.24, 2.45) is 5.92 Å². The van der Waals surface area contributed by atoms with Gasteiger partial charge in [0.2, 0.25) is 0 Å². The van der Waals surface area contributed by atoms with E-state index in [1.807, 2.05) is 0 Å². The molecular weight excluding hydrogens is 222 g/mol. The number of nitrogens with zero attached hydrogens (tertiary/aromatic N) is 1. The fourth-order valence-electron chi connectivity index (χ4n) is 2.88. The zero-order valence-electron chi connectivity index (χ0n) is 10.1. The maximum atomic E-state index is 11.9. The Hall–Kier alpha value is -0.0800. The zero-order valence-corrected chi connectivity index (χ0v) is 10.8. The molecule has 0 aromatic carbocycles. The highest BCUT2D eigenvalue weighted by Gasteiger charge is 2.23. The highest BCUT2D eigenvalue weighted by molar-refractivity contribution is 5.81. The number of hydrogen-bond donors (Lipinski definition) is 0. The fourth-order valence-corrected chi connectivity index (χ4v) is 2.88. The smallest absolute Gasteiger partial charge is 0.137 e. The van der Waals surface area contributed by atoms with Crippen LogP contribution in [0.25, 0.3) is 0 Å². The SMILES string of the molecule is O=C1CCCCCC1CN1CCCCC1.[Cl-]. The molecule has 1 saturated carbocycles. The van der Waals surface area contributed by atoms with E-state index in [1.165, 1.54) is 45.2 Å². The minimum absolute atomic E-state index is 0. The standard InChI is InChI=1S/C13H23NO.ClH/c15-13-8-4-1-3-7-12(13)11-14-9-5-2-6-10-14;/h12H,1-11H2;1H/p-1. The zero-order chi connectivity index (χ0) is 10.5. The van der Waals surface area contributed by atoms with Gasteiger partial charge in [-0.3, -0.25) is 4.79 Å². The van der Waals surface area contributed by atoms with Gasteiger partial charge in [0.25, 0.3) is 0 Å². The van der Waals surface area contributed by atoms with Crippen LogP contribution in [0.5, 0.6) is 0 Å². The molecule has 0 aromatic rings. The molecule has 1 saturated heterocycles. The first-order chi connectivity index (χ1) is 7.36. The second-order valence-corrected chi connectivity index (χ2v) is 5.12. The summed E-state index contributed by atoms with van der Waals surface area (Å²) in [5, 5.41) is 0. The summed E-state index contributed by atoms with van der Waals surface area (Å²) >= 11 is 0. The number of ketones is 1. The van der Waals surface area contributed by atoms with E-state index in [0.717, 1.165) is 25.8 Å². The van der Waals surface area contributed by atoms with Crippen molar-refractivity contribution in [3.8, 4) is 0 Å². The van der Waals surface area contributed by atoms with Crippen molar-refractivity contribution in [3.05, 3.63) is 0 Å². The lowest BCUT2D eigenvalue weighted by atomic mass is 9.97. The minimum Gasteiger partial charge on any atom is -1.00 e. The third-order valence-electron chi connectivity index (χ3n) is 3.86. The minimum atomic E-state index is 0. The van der Waals surface area contributed by atoms with Crippen LogP contribution in [0.15, 0.2) is 0 Å². The average molecular weight is 245 g/mol. The van der Waals surface area contributed by atoms with Crippen molar-refractivity contribution in [3.63, 3.8) is 0 Å². The van der Waals surface area contributed by atoms with Gasteiger partial charge >= 0.3 is 0 Å². The summed E-state index contributed by atoms with van der Waals surface area (Å²) < 4.78 is 0. The summed E-state index contributed by atoms with van der Waals surface area (Å²) in [7, 11) is 0. The number of rotatable bonds is 2. The lowest BCUT2D eigenvalue weighted by molar-refractivity contribution is -0.123. The maximum absolute atomic E-state index is 11.9. The van der Waals surface area contributed by atoms with Gasteiger partial charge in [0.15, 0.2) is 0 Å². The van der Waals surface area contributed by atoms with E-state index in [1.54, 1.807) is 0 Å². The second-order valence-electron chi connectivity index (χ2n) is 5.12. The molecule has 1 atom stereocenters. The predicted octanol–water partition coefficient (Wildman–Crippen LogP) is -0.374. The number of carbonyl (C=O) groups excluding carboxylic acids is 1. The van der Waals surface area contributed by atoms with Crippen molar-refractivity contribution in [1.82, 2.24) is 4.90 Å². The van der Waals surface area contributed by atoms with Gasteiger partial charge in [-0.25, -0.2) is 0 Å². The van der Waals surface area contributed by atoms with E-state index >= 15 is 0 Å². The number of Topliss-reactive ketones (excluding diaryl/α,β-unsaturated/α-hetero) is 1. The van der Waals surface area contributed by atoms with Gasteiger partial charge in [0.05, 0.1) is 0 Å². The molecule has 3 heteroatoms. The van der Waals surface area contributed by atoms with Crippen LogP contribution in [0.1, 0.15) is 51.4 Å². The van der Waals surface area contributed by atoms with Crippen molar-refractivity contribution in [2.45, 2.75) is 51.4 Å². The normalized spacial score (nSPS) is 28.2. The quantitative estimate of drug-likeness (QED) is 0.618. The van der Waals surface area contributed by atoms with Crippen molar-refractivity contribution >= 4 is 5.78 Å². The molecule has 0 radical (unpaired) electrons. The van der Waals surface area contributed by atoms with Crippen LogP contribution in [-0.2, 0) is 4.79 Å². The lowest BCUT2D eigenvalue weighted by Crippen LogP contribution is -3.00. The molecule has 0 spiro atoms. The van der Waals surface area contributed by atoms with Gasteiger partial charge in [-0.2, -0.15) is 0 Å². The van der Waals surface area contributed by atoms with Crippen LogP contribution < -0.4 is 12.4 Å². The topological polar surface area (TPSA) is 20.3 Å². The van der Waals surface area contributed by atoms with Crippen molar-refractivity contribution in [1.29, 1.82) is 0 Å². The molecule has 94 valence electrons. The molecule has 2 fully saturated rings. The van der Waals surface area contributed by atoms with E-state index in [4.69, 9.17) is 0 Å². The predicted molar refractivity (Wildman–Crippen MR) is 61.9 cm³/mol. The summed E-state index contributed by atoms with van der Waals surface area (Å²) in [4.78, 5) is 14.4. The van der Waals surface area contributed by atoms with Crippen LogP contribution in [-0.4, -0.2) is 30.3 Å².